The van der Waals surface area contributed by atoms with E-state index in [-0.39, 0.29) is 35.5 Å². The van der Waals surface area contributed by atoms with Crippen molar-refractivity contribution in [1.29, 1.82) is 0 Å². The lowest BCUT2D eigenvalue weighted by Crippen LogP contribution is -2.46. The van der Waals surface area contributed by atoms with Crippen LogP contribution in [0.25, 0.3) is 0 Å². The molecule has 1 atom stereocenters. The summed E-state index contributed by atoms with van der Waals surface area (Å²) in [6, 6.07) is 2.03. The number of esters is 1. The minimum Gasteiger partial charge on any atom is -0.465 e. The number of amides is 1. The van der Waals surface area contributed by atoms with Gasteiger partial charge in [-0.25, -0.2) is 4.79 Å². The average molecular weight is 516 g/mol. The van der Waals surface area contributed by atoms with Crippen molar-refractivity contribution in [3.8, 4) is 0 Å². The molecule has 0 aliphatic heterocycles. The molecule has 1 aromatic rings. The summed E-state index contributed by atoms with van der Waals surface area (Å²) in [6.07, 6.45) is 14.0. The molecule has 0 aromatic carbocycles. The maximum atomic E-state index is 13.9. The summed E-state index contributed by atoms with van der Waals surface area (Å²) in [5, 5.41) is 0. The summed E-state index contributed by atoms with van der Waals surface area (Å²) < 4.78 is 5.13. The number of anilines is 1. The number of hydrogen-bond acceptors (Lipinski definition) is 5. The van der Waals surface area contributed by atoms with Crippen molar-refractivity contribution in [1.82, 2.24) is 0 Å². The predicted molar refractivity (Wildman–Crippen MR) is 150 cm³/mol. The van der Waals surface area contributed by atoms with Gasteiger partial charge in [-0.2, -0.15) is 0 Å². The summed E-state index contributed by atoms with van der Waals surface area (Å²) in [5.41, 5.74) is 0.707. The Hall–Kier alpha value is -2.21. The molecule has 2 fully saturated rings. The zero-order chi connectivity index (χ0) is 26.7. The second kappa shape index (κ2) is 15.1. The number of thiophene rings is 1. The minimum atomic E-state index is -0.377. The van der Waals surface area contributed by atoms with Gasteiger partial charge in [0.2, 0.25) is 5.91 Å². The third kappa shape index (κ3) is 7.41. The number of nitrogens with zero attached hydrogens (tertiary/aromatic N) is 1. The predicted octanol–water partition coefficient (Wildman–Crippen LogP) is 7.86. The van der Waals surface area contributed by atoms with Gasteiger partial charge in [0.1, 0.15) is 10.7 Å². The van der Waals surface area contributed by atoms with E-state index in [1.54, 1.807) is 0 Å². The van der Waals surface area contributed by atoms with Crippen molar-refractivity contribution in [2.24, 2.45) is 11.8 Å². The molecule has 1 unspecified atom stereocenters. The summed E-state index contributed by atoms with van der Waals surface area (Å²) in [5.74, 6) is 0.962. The van der Waals surface area contributed by atoms with E-state index in [9.17, 15) is 14.4 Å². The first-order valence-corrected chi connectivity index (χ1v) is 14.5. The molecule has 4 rings (SSSR count). The quantitative estimate of drug-likeness (QED) is 0.296. The second-order valence-electron chi connectivity index (χ2n) is 9.76. The smallest absolute Gasteiger partial charge is 0.350 e. The molecule has 1 aromatic heterocycles. The lowest BCUT2D eigenvalue weighted by Gasteiger charge is -2.37. The van der Waals surface area contributed by atoms with Gasteiger partial charge in [-0.3, -0.25) is 9.59 Å². The van der Waals surface area contributed by atoms with Crippen molar-refractivity contribution in [3.05, 3.63) is 41.1 Å². The molecular weight excluding hydrogens is 470 g/mol. The SMILES string of the molecule is C=C.CC.COC(=O)c1sc(C2C=CCCC2)cc1N(C(=O)C1CCC(C)CC1)C1CCC(=O)CC1. The zero-order valence-corrected chi connectivity index (χ0v) is 23.5. The van der Waals surface area contributed by atoms with E-state index in [2.05, 4.69) is 38.3 Å². The number of hydrogen-bond donors (Lipinski definition) is 0. The van der Waals surface area contributed by atoms with Crippen LogP contribution >= 0.6 is 11.3 Å². The van der Waals surface area contributed by atoms with Gasteiger partial charge in [0, 0.05) is 35.6 Å². The molecule has 5 nitrogen and oxygen atoms in total. The number of ether oxygens (including phenoxy) is 1. The standard InChI is InChI=1S/C26H35NO4S.C2H6.C2H4/c1-17-8-10-19(11-9-17)25(29)27(20-12-14-21(28)15-13-20)22-16-23(18-6-4-3-5-7-18)32-24(22)26(30)31-2;2*1-2/h4,6,16-20H,3,5,7-15H2,1-2H3;1-2H3;1-2H2. The minimum absolute atomic E-state index is 0.00717. The Morgan fingerprint density at radius 2 is 1.67 bits per heavy atom. The molecule has 0 radical (unpaired) electrons. The van der Waals surface area contributed by atoms with Gasteiger partial charge in [0.25, 0.3) is 0 Å². The highest BCUT2D eigenvalue weighted by Gasteiger charge is 2.37. The maximum absolute atomic E-state index is 13.9. The number of ketones is 1. The van der Waals surface area contributed by atoms with Crippen molar-refractivity contribution >= 4 is 34.7 Å². The second-order valence-corrected chi connectivity index (χ2v) is 10.8. The van der Waals surface area contributed by atoms with Crippen molar-refractivity contribution in [3.63, 3.8) is 0 Å². The van der Waals surface area contributed by atoms with Crippen LogP contribution in [0.2, 0.25) is 0 Å². The molecule has 0 bridgehead atoms. The van der Waals surface area contributed by atoms with E-state index in [4.69, 9.17) is 4.74 Å². The molecule has 0 spiro atoms. The van der Waals surface area contributed by atoms with Crippen LogP contribution < -0.4 is 4.90 Å². The number of methoxy groups -OCH3 is 1. The molecule has 1 heterocycles. The lowest BCUT2D eigenvalue weighted by atomic mass is 9.81. The number of rotatable bonds is 5. The van der Waals surface area contributed by atoms with E-state index >= 15 is 0 Å². The summed E-state index contributed by atoms with van der Waals surface area (Å²) >= 11 is 1.47. The van der Waals surface area contributed by atoms with Gasteiger partial charge >= 0.3 is 5.97 Å². The first-order chi connectivity index (χ1) is 17.5. The van der Waals surface area contributed by atoms with Crippen LogP contribution in [-0.2, 0) is 14.3 Å². The third-order valence-corrected chi connectivity index (χ3v) is 8.70. The van der Waals surface area contributed by atoms with Gasteiger partial charge in [0.15, 0.2) is 0 Å². The Bertz CT molecular complexity index is 887. The summed E-state index contributed by atoms with van der Waals surface area (Å²) in [7, 11) is 1.40. The van der Waals surface area contributed by atoms with Crippen LogP contribution in [0.5, 0.6) is 0 Å². The van der Waals surface area contributed by atoms with Gasteiger partial charge < -0.3 is 9.64 Å². The van der Waals surface area contributed by atoms with Crippen molar-refractivity contribution in [2.45, 2.75) is 103 Å². The molecule has 2 saturated carbocycles. The molecular formula is C30H45NO4S. The largest absolute Gasteiger partial charge is 0.465 e. The Labute approximate surface area is 222 Å². The first kappa shape index (κ1) is 30.0. The maximum Gasteiger partial charge on any atom is 0.350 e. The highest BCUT2D eigenvalue weighted by molar-refractivity contribution is 7.14. The number of allylic oxidation sites excluding steroid dienone is 2. The van der Waals surface area contributed by atoms with E-state index in [0.29, 0.717) is 42.2 Å². The molecule has 6 heteroatoms. The molecule has 0 saturated heterocycles. The van der Waals surface area contributed by atoms with E-state index in [0.717, 1.165) is 49.8 Å². The van der Waals surface area contributed by atoms with Crippen molar-refractivity contribution in [2.75, 3.05) is 12.0 Å². The first-order valence-electron chi connectivity index (χ1n) is 13.7. The Kier molecular flexibility index (Phi) is 12.6. The fourth-order valence-electron chi connectivity index (χ4n) is 5.43. The number of carbonyl (C=O) groups is 3. The van der Waals surface area contributed by atoms with Gasteiger partial charge in [0.05, 0.1) is 12.8 Å². The number of Topliss-reactive ketones (excluding diaryl/α,β-unsaturated/α-hetero) is 1. The average Bonchev–Trinajstić information content (AvgIpc) is 3.37. The Morgan fingerprint density at radius 1 is 1.03 bits per heavy atom. The third-order valence-electron chi connectivity index (χ3n) is 7.46. The normalized spacial score (nSPS) is 24.0. The van der Waals surface area contributed by atoms with Gasteiger partial charge in [-0.15, -0.1) is 24.5 Å². The van der Waals surface area contributed by atoms with Crippen LogP contribution in [0.3, 0.4) is 0 Å². The van der Waals surface area contributed by atoms with E-state index in [1.165, 1.54) is 18.4 Å². The zero-order valence-electron chi connectivity index (χ0n) is 22.7. The van der Waals surface area contributed by atoms with E-state index < -0.39 is 0 Å². The molecule has 1 amide bonds. The lowest BCUT2D eigenvalue weighted by molar-refractivity contribution is -0.125. The van der Waals surface area contributed by atoms with Crippen LogP contribution in [-0.4, -0.2) is 30.8 Å². The number of carbonyl (C=O) groups excluding carboxylic acids is 3. The summed E-state index contributed by atoms with van der Waals surface area (Å²) in [4.78, 5) is 42.2. The molecule has 3 aliphatic rings. The molecule has 0 N–H and O–H groups in total. The molecule has 3 aliphatic carbocycles. The fraction of sp³-hybridized carbons (Fsp3) is 0.633. The molecule has 36 heavy (non-hydrogen) atoms. The Morgan fingerprint density at radius 3 is 2.22 bits per heavy atom. The fourth-order valence-corrected chi connectivity index (χ4v) is 6.61. The van der Waals surface area contributed by atoms with Gasteiger partial charge in [-0.05, 0) is 69.8 Å². The van der Waals surface area contributed by atoms with E-state index in [1.807, 2.05) is 18.7 Å². The van der Waals surface area contributed by atoms with Crippen LogP contribution in [0.15, 0.2) is 31.4 Å². The van der Waals surface area contributed by atoms with Gasteiger partial charge in [-0.1, -0.05) is 32.9 Å². The topological polar surface area (TPSA) is 63.7 Å². The van der Waals surface area contributed by atoms with Crippen LogP contribution in [0.4, 0.5) is 5.69 Å². The Balaban J connectivity index is 0.00000109. The van der Waals surface area contributed by atoms with Crippen LogP contribution in [0.1, 0.15) is 112 Å². The molecule has 200 valence electrons. The summed E-state index contributed by atoms with van der Waals surface area (Å²) in [6.45, 7) is 12.3. The van der Waals surface area contributed by atoms with Crippen LogP contribution in [0, 0.1) is 11.8 Å². The highest BCUT2D eigenvalue weighted by Crippen LogP contribution is 2.42. The monoisotopic (exact) mass is 515 g/mol. The highest BCUT2D eigenvalue weighted by atomic mass is 32.1. The van der Waals surface area contributed by atoms with Crippen molar-refractivity contribution < 1.29 is 19.1 Å².